The summed E-state index contributed by atoms with van der Waals surface area (Å²) in [7, 11) is 0. The number of anilines is 1. The minimum absolute atomic E-state index is 0.261. The first kappa shape index (κ1) is 11.3. The number of halogens is 2. The maximum absolute atomic E-state index is 13.7. The Morgan fingerprint density at radius 3 is 2.59 bits per heavy atom. The highest BCUT2D eigenvalue weighted by Gasteiger charge is 2.33. The normalized spacial score (nSPS) is 31.5. The van der Waals surface area contributed by atoms with E-state index < -0.39 is 0 Å². The lowest BCUT2D eigenvalue weighted by Crippen LogP contribution is -2.43. The van der Waals surface area contributed by atoms with Gasteiger partial charge in [0.2, 0.25) is 0 Å². The third-order valence-electron chi connectivity index (χ3n) is 3.76. The van der Waals surface area contributed by atoms with Crippen molar-refractivity contribution >= 4 is 17.3 Å². The fourth-order valence-electron chi connectivity index (χ4n) is 3.00. The number of rotatable bonds is 2. The first-order valence-electron chi connectivity index (χ1n) is 6.18. The van der Waals surface area contributed by atoms with Gasteiger partial charge in [-0.25, -0.2) is 4.39 Å². The van der Waals surface area contributed by atoms with E-state index in [9.17, 15) is 4.39 Å². The van der Waals surface area contributed by atoms with Gasteiger partial charge in [-0.05, 0) is 43.9 Å². The van der Waals surface area contributed by atoms with Crippen LogP contribution in [-0.4, -0.2) is 18.1 Å². The molecule has 2 bridgehead atoms. The van der Waals surface area contributed by atoms with Crippen molar-refractivity contribution in [3.63, 3.8) is 0 Å². The van der Waals surface area contributed by atoms with Crippen molar-refractivity contribution in [2.75, 3.05) is 5.32 Å². The van der Waals surface area contributed by atoms with Gasteiger partial charge in [0.15, 0.2) is 0 Å². The van der Waals surface area contributed by atoms with Gasteiger partial charge in [-0.15, -0.1) is 0 Å². The lowest BCUT2D eigenvalue weighted by atomic mass is 9.99. The molecule has 0 aromatic heterocycles. The van der Waals surface area contributed by atoms with Crippen LogP contribution in [0.15, 0.2) is 18.2 Å². The molecule has 2 aliphatic rings. The molecule has 2 saturated heterocycles. The molecule has 0 saturated carbocycles. The molecule has 0 aliphatic carbocycles. The monoisotopic (exact) mass is 254 g/mol. The average molecular weight is 255 g/mol. The summed E-state index contributed by atoms with van der Waals surface area (Å²) in [5.74, 6) is -0.261. The molecular formula is C13H16ClFN2. The van der Waals surface area contributed by atoms with Crippen molar-refractivity contribution in [2.24, 2.45) is 0 Å². The van der Waals surface area contributed by atoms with Crippen LogP contribution in [0.2, 0.25) is 5.02 Å². The van der Waals surface area contributed by atoms with Gasteiger partial charge in [0.05, 0.1) is 5.69 Å². The molecule has 0 amide bonds. The molecule has 0 radical (unpaired) electrons. The van der Waals surface area contributed by atoms with E-state index in [2.05, 4.69) is 10.6 Å². The van der Waals surface area contributed by atoms with Crippen molar-refractivity contribution < 1.29 is 4.39 Å². The van der Waals surface area contributed by atoms with Gasteiger partial charge in [-0.2, -0.15) is 0 Å². The summed E-state index contributed by atoms with van der Waals surface area (Å²) in [5.41, 5.74) is 0.570. The van der Waals surface area contributed by atoms with Crippen molar-refractivity contribution in [3.05, 3.63) is 29.0 Å². The van der Waals surface area contributed by atoms with Gasteiger partial charge < -0.3 is 10.6 Å². The molecule has 1 aromatic rings. The average Bonchev–Trinajstić information content (AvgIpc) is 2.62. The summed E-state index contributed by atoms with van der Waals surface area (Å²) >= 11 is 5.74. The summed E-state index contributed by atoms with van der Waals surface area (Å²) in [6.07, 6.45) is 4.68. The first-order chi connectivity index (χ1) is 8.20. The molecule has 4 heteroatoms. The maximum Gasteiger partial charge on any atom is 0.147 e. The Morgan fingerprint density at radius 1 is 1.24 bits per heavy atom. The van der Waals surface area contributed by atoms with E-state index in [-0.39, 0.29) is 5.82 Å². The van der Waals surface area contributed by atoms with Crippen molar-refractivity contribution in [1.82, 2.24) is 5.32 Å². The number of hydrogen-bond donors (Lipinski definition) is 2. The topological polar surface area (TPSA) is 24.1 Å². The molecule has 2 heterocycles. The third kappa shape index (κ3) is 2.40. The zero-order valence-electron chi connectivity index (χ0n) is 9.55. The third-order valence-corrected chi connectivity index (χ3v) is 4.00. The number of fused-ring (bicyclic) bond motifs is 2. The SMILES string of the molecule is Fc1cc(Cl)ccc1NC1CC2CCC(C1)N2. The Kier molecular flexibility index (Phi) is 2.97. The molecule has 92 valence electrons. The van der Waals surface area contributed by atoms with E-state index in [0.717, 1.165) is 12.8 Å². The Bertz CT molecular complexity index is 412. The maximum atomic E-state index is 13.7. The number of benzene rings is 1. The second kappa shape index (κ2) is 4.46. The minimum atomic E-state index is -0.261. The van der Waals surface area contributed by atoms with Gasteiger partial charge in [0, 0.05) is 23.1 Å². The van der Waals surface area contributed by atoms with Crippen LogP contribution in [0.25, 0.3) is 0 Å². The van der Waals surface area contributed by atoms with Gasteiger partial charge in [0.25, 0.3) is 0 Å². The summed E-state index contributed by atoms with van der Waals surface area (Å²) in [5, 5.41) is 7.32. The molecule has 0 spiro atoms. The molecule has 2 atom stereocenters. The van der Waals surface area contributed by atoms with Crippen LogP contribution in [0.4, 0.5) is 10.1 Å². The number of piperidine rings is 1. The summed E-state index contributed by atoms with van der Waals surface area (Å²) in [6.45, 7) is 0. The van der Waals surface area contributed by atoms with Gasteiger partial charge in [0.1, 0.15) is 5.82 Å². The highest BCUT2D eigenvalue weighted by Crippen LogP contribution is 2.29. The van der Waals surface area contributed by atoms with Crippen molar-refractivity contribution in [1.29, 1.82) is 0 Å². The lowest BCUT2D eigenvalue weighted by Gasteiger charge is -2.30. The molecular weight excluding hydrogens is 239 g/mol. The smallest absolute Gasteiger partial charge is 0.147 e. The fraction of sp³-hybridized carbons (Fsp3) is 0.538. The number of nitrogens with one attached hydrogen (secondary N) is 2. The molecule has 2 aliphatic heterocycles. The first-order valence-corrected chi connectivity index (χ1v) is 6.56. The second-order valence-corrected chi connectivity index (χ2v) is 5.51. The molecule has 2 N–H and O–H groups in total. The van der Waals surface area contributed by atoms with Crippen LogP contribution in [0.3, 0.4) is 0 Å². The van der Waals surface area contributed by atoms with E-state index in [0.29, 0.717) is 28.8 Å². The van der Waals surface area contributed by atoms with Crippen LogP contribution in [-0.2, 0) is 0 Å². The molecule has 2 nitrogen and oxygen atoms in total. The fourth-order valence-corrected chi connectivity index (χ4v) is 3.16. The largest absolute Gasteiger partial charge is 0.380 e. The Balaban J connectivity index is 1.70. The Morgan fingerprint density at radius 2 is 1.94 bits per heavy atom. The Labute approximate surface area is 106 Å². The van der Waals surface area contributed by atoms with Crippen molar-refractivity contribution in [3.8, 4) is 0 Å². The molecule has 17 heavy (non-hydrogen) atoms. The van der Waals surface area contributed by atoms with Gasteiger partial charge in [-0.1, -0.05) is 11.6 Å². The highest BCUT2D eigenvalue weighted by atomic mass is 35.5. The highest BCUT2D eigenvalue weighted by molar-refractivity contribution is 6.30. The lowest BCUT2D eigenvalue weighted by molar-refractivity contribution is 0.377. The number of hydrogen-bond acceptors (Lipinski definition) is 2. The predicted molar refractivity (Wildman–Crippen MR) is 68.0 cm³/mol. The standard InChI is InChI=1S/C13H16ClFN2/c14-8-1-4-13(12(15)5-8)17-11-6-9-2-3-10(7-11)16-9/h1,4-5,9-11,16-17H,2-3,6-7H2. The molecule has 2 fully saturated rings. The molecule has 3 rings (SSSR count). The summed E-state index contributed by atoms with van der Waals surface area (Å²) in [4.78, 5) is 0. The zero-order valence-corrected chi connectivity index (χ0v) is 10.3. The van der Waals surface area contributed by atoms with E-state index in [4.69, 9.17) is 11.6 Å². The van der Waals surface area contributed by atoms with E-state index in [1.165, 1.54) is 18.9 Å². The molecule has 2 unspecified atom stereocenters. The van der Waals surface area contributed by atoms with Gasteiger partial charge in [-0.3, -0.25) is 0 Å². The van der Waals surface area contributed by atoms with Crippen LogP contribution in [0.1, 0.15) is 25.7 Å². The quantitative estimate of drug-likeness (QED) is 0.847. The van der Waals surface area contributed by atoms with E-state index >= 15 is 0 Å². The van der Waals surface area contributed by atoms with Crippen LogP contribution >= 0.6 is 11.6 Å². The zero-order chi connectivity index (χ0) is 11.8. The van der Waals surface area contributed by atoms with Crippen LogP contribution in [0, 0.1) is 5.82 Å². The minimum Gasteiger partial charge on any atom is -0.380 e. The van der Waals surface area contributed by atoms with Gasteiger partial charge >= 0.3 is 0 Å². The van der Waals surface area contributed by atoms with Crippen LogP contribution < -0.4 is 10.6 Å². The molecule has 1 aromatic carbocycles. The van der Waals surface area contributed by atoms with Crippen molar-refractivity contribution in [2.45, 2.75) is 43.8 Å². The van der Waals surface area contributed by atoms with Crippen LogP contribution in [0.5, 0.6) is 0 Å². The van der Waals surface area contributed by atoms with E-state index in [1.54, 1.807) is 12.1 Å². The summed E-state index contributed by atoms with van der Waals surface area (Å²) in [6, 6.07) is 6.41. The predicted octanol–water partition coefficient (Wildman–Crippen LogP) is 3.17. The summed E-state index contributed by atoms with van der Waals surface area (Å²) < 4.78 is 13.7. The Hall–Kier alpha value is -0.800. The van der Waals surface area contributed by atoms with E-state index in [1.807, 2.05) is 0 Å². The second-order valence-electron chi connectivity index (χ2n) is 5.07.